The predicted octanol–water partition coefficient (Wildman–Crippen LogP) is 2.08. The highest BCUT2D eigenvalue weighted by Gasteiger charge is 2.27. The van der Waals surface area contributed by atoms with Gasteiger partial charge in [-0.15, -0.1) is 11.3 Å². The van der Waals surface area contributed by atoms with Gasteiger partial charge in [-0.05, 0) is 19.6 Å². The number of carboxylic acid groups (broad SMARTS) is 1. The van der Waals surface area contributed by atoms with Gasteiger partial charge in [-0.1, -0.05) is 18.7 Å². The van der Waals surface area contributed by atoms with Gasteiger partial charge in [0.15, 0.2) is 6.04 Å². The molecule has 2 aromatic rings. The molecule has 2 aromatic heterocycles. The average Bonchev–Trinajstić information content (AvgIpc) is 3.04. The minimum atomic E-state index is -1.12. The van der Waals surface area contributed by atoms with Gasteiger partial charge in [0, 0.05) is 16.6 Å². The van der Waals surface area contributed by atoms with E-state index in [2.05, 4.69) is 20.5 Å². The highest BCUT2D eigenvalue weighted by atomic mass is 32.2. The van der Waals surface area contributed by atoms with E-state index in [1.54, 1.807) is 25.6 Å². The summed E-state index contributed by atoms with van der Waals surface area (Å²) in [6.45, 7) is 5.47. The molecule has 0 radical (unpaired) electrons. The van der Waals surface area contributed by atoms with Crippen molar-refractivity contribution in [2.24, 2.45) is 0 Å². The van der Waals surface area contributed by atoms with Gasteiger partial charge in [-0.25, -0.2) is 9.78 Å². The van der Waals surface area contributed by atoms with Crippen molar-refractivity contribution in [3.8, 4) is 0 Å². The molecule has 7 nitrogen and oxygen atoms in total. The van der Waals surface area contributed by atoms with Gasteiger partial charge >= 0.3 is 5.97 Å². The first kappa shape index (κ1) is 17.5. The van der Waals surface area contributed by atoms with Crippen LogP contribution in [-0.4, -0.2) is 37.9 Å². The minimum Gasteiger partial charge on any atom is -0.479 e. The molecule has 0 saturated heterocycles. The first-order valence-electron chi connectivity index (χ1n) is 7.03. The van der Waals surface area contributed by atoms with E-state index in [4.69, 9.17) is 0 Å². The van der Waals surface area contributed by atoms with Gasteiger partial charge in [0.05, 0.1) is 17.8 Å². The van der Waals surface area contributed by atoms with E-state index in [1.165, 1.54) is 11.3 Å². The van der Waals surface area contributed by atoms with Crippen LogP contribution in [0.2, 0.25) is 0 Å². The number of nitrogens with one attached hydrogen (secondary N) is 2. The highest BCUT2D eigenvalue weighted by Crippen LogP contribution is 2.23. The largest absolute Gasteiger partial charge is 0.479 e. The van der Waals surface area contributed by atoms with Crippen LogP contribution in [0, 0.1) is 13.8 Å². The second kappa shape index (κ2) is 7.60. The molecule has 2 heterocycles. The molecule has 9 heteroatoms. The number of thiazole rings is 1. The first-order valence-corrected chi connectivity index (χ1v) is 8.89. The molecule has 0 aliphatic carbocycles. The quantitative estimate of drug-likeness (QED) is 0.657. The predicted molar refractivity (Wildman–Crippen MR) is 88.8 cm³/mol. The summed E-state index contributed by atoms with van der Waals surface area (Å²) in [5.41, 5.74) is 2.33. The molecule has 3 N–H and O–H groups in total. The van der Waals surface area contributed by atoms with E-state index in [9.17, 15) is 14.7 Å². The lowest BCUT2D eigenvalue weighted by molar-refractivity contribution is -0.142. The van der Waals surface area contributed by atoms with Crippen LogP contribution in [0.15, 0.2) is 9.72 Å². The summed E-state index contributed by atoms with van der Waals surface area (Å²) in [6.07, 6.45) is 0.0561. The summed E-state index contributed by atoms with van der Waals surface area (Å²) < 4.78 is 0.909. The Balaban J connectivity index is 2.08. The Morgan fingerprint density at radius 1 is 1.48 bits per heavy atom. The van der Waals surface area contributed by atoms with Crippen molar-refractivity contribution in [1.29, 1.82) is 0 Å². The Morgan fingerprint density at radius 3 is 2.78 bits per heavy atom. The number of H-pyrrole nitrogens is 1. The van der Waals surface area contributed by atoms with E-state index in [-0.39, 0.29) is 12.3 Å². The zero-order chi connectivity index (χ0) is 17.0. The summed E-state index contributed by atoms with van der Waals surface area (Å²) in [7, 11) is 0. The molecule has 1 amide bonds. The van der Waals surface area contributed by atoms with Crippen LogP contribution < -0.4 is 5.32 Å². The Labute approximate surface area is 141 Å². The van der Waals surface area contributed by atoms with Crippen molar-refractivity contribution in [3.63, 3.8) is 0 Å². The van der Waals surface area contributed by atoms with E-state index in [0.29, 0.717) is 22.6 Å². The van der Waals surface area contributed by atoms with Crippen molar-refractivity contribution >= 4 is 35.0 Å². The zero-order valence-corrected chi connectivity index (χ0v) is 14.7. The van der Waals surface area contributed by atoms with E-state index < -0.39 is 12.0 Å². The van der Waals surface area contributed by atoms with Crippen molar-refractivity contribution in [2.45, 2.75) is 37.6 Å². The third-order valence-corrected chi connectivity index (χ3v) is 5.12. The number of hydrogen-bond acceptors (Lipinski definition) is 6. The number of aliphatic carboxylic acids is 1. The number of carbonyl (C=O) groups excluding carboxylic acids is 1. The van der Waals surface area contributed by atoms with E-state index in [0.717, 1.165) is 10.1 Å². The second-order valence-corrected chi connectivity index (χ2v) is 7.27. The number of rotatable bonds is 7. The number of amides is 1. The molecule has 0 aliphatic heterocycles. The minimum absolute atomic E-state index is 0.0561. The number of aromatic nitrogens is 3. The lowest BCUT2D eigenvalue weighted by Crippen LogP contribution is -2.35. The normalized spacial score (nSPS) is 12.1. The topological polar surface area (TPSA) is 108 Å². The zero-order valence-electron chi connectivity index (χ0n) is 13.0. The molecule has 0 bridgehead atoms. The van der Waals surface area contributed by atoms with Gasteiger partial charge in [-0.2, -0.15) is 5.10 Å². The maximum atomic E-state index is 12.2. The van der Waals surface area contributed by atoms with Crippen LogP contribution in [-0.2, 0) is 16.0 Å². The number of carboxylic acids is 1. The number of aromatic amines is 1. The third-order valence-electron chi connectivity index (χ3n) is 3.17. The number of carbonyl (C=O) groups is 2. The Morgan fingerprint density at radius 2 is 2.22 bits per heavy atom. The van der Waals surface area contributed by atoms with E-state index in [1.807, 2.05) is 12.3 Å². The van der Waals surface area contributed by atoms with Crippen LogP contribution >= 0.6 is 23.1 Å². The van der Waals surface area contributed by atoms with Crippen LogP contribution in [0.25, 0.3) is 0 Å². The molecule has 2 rings (SSSR count). The van der Waals surface area contributed by atoms with Gasteiger partial charge < -0.3 is 10.4 Å². The molecule has 0 spiro atoms. The number of thioether (sulfide) groups is 1. The van der Waals surface area contributed by atoms with Crippen LogP contribution in [0.5, 0.6) is 0 Å². The third kappa shape index (κ3) is 4.32. The molecule has 124 valence electrons. The summed E-state index contributed by atoms with van der Waals surface area (Å²) in [4.78, 5) is 28.0. The maximum absolute atomic E-state index is 12.2. The number of hydrogen-bond donors (Lipinski definition) is 3. The van der Waals surface area contributed by atoms with Crippen molar-refractivity contribution in [1.82, 2.24) is 20.5 Å². The van der Waals surface area contributed by atoms with Gasteiger partial charge in [0.25, 0.3) is 0 Å². The molecule has 1 atom stereocenters. The smallest absolute Gasteiger partial charge is 0.331 e. The van der Waals surface area contributed by atoms with Gasteiger partial charge in [0.2, 0.25) is 5.91 Å². The molecule has 0 fully saturated rings. The van der Waals surface area contributed by atoms with Gasteiger partial charge in [-0.3, -0.25) is 9.89 Å². The van der Waals surface area contributed by atoms with Crippen LogP contribution in [0.3, 0.4) is 0 Å². The Bertz CT molecular complexity index is 691. The van der Waals surface area contributed by atoms with Crippen molar-refractivity contribution in [2.75, 3.05) is 5.75 Å². The average molecular weight is 354 g/mol. The van der Waals surface area contributed by atoms with Crippen molar-refractivity contribution in [3.05, 3.63) is 28.0 Å². The maximum Gasteiger partial charge on any atom is 0.331 e. The first-order chi connectivity index (χ1) is 10.9. The molecule has 0 aromatic carbocycles. The fraction of sp³-hybridized carbons (Fsp3) is 0.429. The Hall–Kier alpha value is -1.87. The SMILES string of the molecule is CCSc1nc(CC(=O)N[C@H](C(=O)O)c2c(C)n[nH]c2C)cs1. The molecular weight excluding hydrogens is 336 g/mol. The Kier molecular flexibility index (Phi) is 5.78. The number of nitrogens with zero attached hydrogens (tertiary/aromatic N) is 2. The summed E-state index contributed by atoms with van der Waals surface area (Å²) in [5, 5.41) is 20.5. The monoisotopic (exact) mass is 354 g/mol. The molecule has 0 unspecified atom stereocenters. The molecule has 23 heavy (non-hydrogen) atoms. The highest BCUT2D eigenvalue weighted by molar-refractivity contribution is 8.00. The lowest BCUT2D eigenvalue weighted by atomic mass is 10.0. The van der Waals surface area contributed by atoms with Crippen LogP contribution in [0.4, 0.5) is 0 Å². The van der Waals surface area contributed by atoms with Gasteiger partial charge in [0.1, 0.15) is 4.34 Å². The second-order valence-electron chi connectivity index (χ2n) is 4.90. The summed E-state index contributed by atoms with van der Waals surface area (Å²) >= 11 is 3.10. The molecule has 0 aliphatic rings. The number of aryl methyl sites for hydroxylation is 2. The fourth-order valence-electron chi connectivity index (χ4n) is 2.18. The van der Waals surface area contributed by atoms with Crippen LogP contribution in [0.1, 0.15) is 35.6 Å². The fourth-order valence-corrected chi connectivity index (χ4v) is 3.92. The lowest BCUT2D eigenvalue weighted by Gasteiger charge is -2.14. The summed E-state index contributed by atoms with van der Waals surface area (Å²) in [6, 6.07) is -1.12. The van der Waals surface area contributed by atoms with E-state index >= 15 is 0 Å². The standard InChI is InChI=1S/C14H18N4O3S2/c1-4-22-14-15-9(6-23-14)5-10(19)16-12(13(20)21)11-7(2)17-18-8(11)3/h6,12H,4-5H2,1-3H3,(H,16,19)(H,17,18)(H,20,21)/t12-/m0/s1. The molecular formula is C14H18N4O3S2. The summed E-state index contributed by atoms with van der Waals surface area (Å²) in [5.74, 6) is -0.582. The van der Waals surface area contributed by atoms with Crippen molar-refractivity contribution < 1.29 is 14.7 Å². The molecule has 0 saturated carbocycles.